The molecule has 2 aromatic carbocycles. The van der Waals surface area contributed by atoms with Crippen molar-refractivity contribution in [3.63, 3.8) is 0 Å². The molecule has 3 aromatic rings. The molecule has 0 bridgehead atoms. The molecule has 1 aromatic heterocycles. The first-order chi connectivity index (χ1) is 10.6. The molecule has 4 heteroatoms. The monoisotopic (exact) mass is 290 g/mol. The Labute approximate surface area is 127 Å². The average Bonchev–Trinajstić information content (AvgIpc) is 2.53. The van der Waals surface area contributed by atoms with Gasteiger partial charge in [0.15, 0.2) is 0 Å². The lowest BCUT2D eigenvalue weighted by atomic mass is 10.0. The number of rotatable bonds is 3. The fourth-order valence-corrected chi connectivity index (χ4v) is 2.34. The van der Waals surface area contributed by atoms with Gasteiger partial charge in [0.05, 0.1) is 5.52 Å². The largest absolute Gasteiger partial charge is 0.508 e. The van der Waals surface area contributed by atoms with E-state index in [1.54, 1.807) is 24.4 Å². The summed E-state index contributed by atoms with van der Waals surface area (Å²) >= 11 is 0. The first-order valence-corrected chi connectivity index (χ1v) is 6.80. The second-order valence-corrected chi connectivity index (χ2v) is 4.89. The van der Waals surface area contributed by atoms with Crippen LogP contribution in [-0.4, -0.2) is 16.0 Å². The van der Waals surface area contributed by atoms with Crippen LogP contribution in [0, 0.1) is 0 Å². The summed E-state index contributed by atoms with van der Waals surface area (Å²) in [5.74, 6) is -0.381. The normalized spacial score (nSPS) is 11.5. The zero-order valence-electron chi connectivity index (χ0n) is 11.7. The van der Waals surface area contributed by atoms with E-state index in [0.717, 1.165) is 16.5 Å². The Balaban J connectivity index is 2.17. The summed E-state index contributed by atoms with van der Waals surface area (Å²) in [6.45, 7) is 0. The fraction of sp³-hybridized carbons (Fsp3) is 0. The minimum atomic E-state index is -0.522. The van der Waals surface area contributed by atoms with E-state index in [1.807, 2.05) is 30.3 Å². The number of aromatic hydroxyl groups is 1. The van der Waals surface area contributed by atoms with Gasteiger partial charge in [0.2, 0.25) is 5.91 Å². The molecule has 22 heavy (non-hydrogen) atoms. The second kappa shape index (κ2) is 5.69. The molecular weight excluding hydrogens is 276 g/mol. The Bertz CT molecular complexity index is 862. The molecule has 0 aliphatic rings. The van der Waals surface area contributed by atoms with E-state index in [1.165, 1.54) is 12.1 Å². The highest BCUT2D eigenvalue weighted by Gasteiger charge is 2.10. The van der Waals surface area contributed by atoms with Crippen LogP contribution in [0.2, 0.25) is 0 Å². The van der Waals surface area contributed by atoms with Crippen LogP contribution in [0.25, 0.3) is 22.6 Å². The predicted octanol–water partition coefficient (Wildman–Crippen LogP) is 2.97. The molecule has 3 rings (SSSR count). The Hall–Kier alpha value is -3.14. The molecule has 1 amide bonds. The maximum absolute atomic E-state index is 11.8. The van der Waals surface area contributed by atoms with Crippen LogP contribution in [-0.2, 0) is 4.79 Å². The fourth-order valence-electron chi connectivity index (χ4n) is 2.34. The molecule has 0 aliphatic heterocycles. The topological polar surface area (TPSA) is 76.2 Å². The Morgan fingerprint density at radius 3 is 2.50 bits per heavy atom. The van der Waals surface area contributed by atoms with E-state index in [9.17, 15) is 9.90 Å². The van der Waals surface area contributed by atoms with Crippen LogP contribution in [0.15, 0.2) is 60.8 Å². The van der Waals surface area contributed by atoms with Gasteiger partial charge in [0.1, 0.15) is 5.75 Å². The number of phenolic OH excluding ortho intramolecular Hbond substituents is 1. The smallest absolute Gasteiger partial charge is 0.249 e. The van der Waals surface area contributed by atoms with Crippen molar-refractivity contribution in [3.05, 3.63) is 71.9 Å². The molecule has 0 aliphatic carbocycles. The lowest BCUT2D eigenvalue weighted by Crippen LogP contribution is -2.12. The summed E-state index contributed by atoms with van der Waals surface area (Å²) in [4.78, 5) is 16.1. The molecule has 0 spiro atoms. The molecule has 108 valence electrons. The van der Waals surface area contributed by atoms with Gasteiger partial charge in [0, 0.05) is 17.2 Å². The number of carbonyl (C=O) groups excluding carboxylic acids is 1. The van der Waals surface area contributed by atoms with Gasteiger partial charge in [-0.2, -0.15) is 0 Å². The van der Waals surface area contributed by atoms with Gasteiger partial charge in [-0.1, -0.05) is 30.3 Å². The summed E-state index contributed by atoms with van der Waals surface area (Å²) in [5.41, 5.74) is 8.28. The maximum atomic E-state index is 11.8. The van der Waals surface area contributed by atoms with Gasteiger partial charge in [0.25, 0.3) is 0 Å². The van der Waals surface area contributed by atoms with E-state index in [-0.39, 0.29) is 5.75 Å². The number of nitrogens with zero attached hydrogens (tertiary/aromatic N) is 1. The number of benzene rings is 2. The Morgan fingerprint density at radius 2 is 1.77 bits per heavy atom. The van der Waals surface area contributed by atoms with Gasteiger partial charge in [-0.05, 0) is 41.5 Å². The highest BCUT2D eigenvalue weighted by Crippen LogP contribution is 2.24. The number of hydrogen-bond acceptors (Lipinski definition) is 3. The van der Waals surface area contributed by atoms with E-state index in [2.05, 4.69) is 4.98 Å². The standard InChI is InChI=1S/C18H14N2O2/c19-18(22)16(12-5-7-14(21)8-6-12)11-13-9-10-20-17-4-2-1-3-15(13)17/h1-11,21H,(H2,19,22). The maximum Gasteiger partial charge on any atom is 0.249 e. The Morgan fingerprint density at radius 1 is 1.05 bits per heavy atom. The number of amides is 1. The van der Waals surface area contributed by atoms with Crippen LogP contribution in [0.1, 0.15) is 11.1 Å². The molecule has 4 nitrogen and oxygen atoms in total. The number of primary amides is 1. The van der Waals surface area contributed by atoms with Crippen molar-refractivity contribution in [2.75, 3.05) is 0 Å². The van der Waals surface area contributed by atoms with Crippen molar-refractivity contribution in [3.8, 4) is 5.75 Å². The highest BCUT2D eigenvalue weighted by molar-refractivity contribution is 6.24. The average molecular weight is 290 g/mol. The van der Waals surface area contributed by atoms with E-state index in [4.69, 9.17) is 5.73 Å². The van der Waals surface area contributed by atoms with E-state index in [0.29, 0.717) is 11.1 Å². The second-order valence-electron chi connectivity index (χ2n) is 4.89. The zero-order chi connectivity index (χ0) is 15.5. The first kappa shape index (κ1) is 13.8. The minimum absolute atomic E-state index is 0.141. The number of pyridine rings is 1. The SMILES string of the molecule is NC(=O)C(=Cc1ccnc2ccccc12)c1ccc(O)cc1. The van der Waals surface area contributed by atoms with Crippen LogP contribution >= 0.6 is 0 Å². The zero-order valence-corrected chi connectivity index (χ0v) is 11.7. The number of phenols is 1. The molecule has 0 saturated heterocycles. The molecule has 0 unspecified atom stereocenters. The van der Waals surface area contributed by atoms with Gasteiger partial charge < -0.3 is 10.8 Å². The van der Waals surface area contributed by atoms with Crippen molar-refractivity contribution in [1.82, 2.24) is 4.98 Å². The van der Waals surface area contributed by atoms with Crippen molar-refractivity contribution in [1.29, 1.82) is 0 Å². The first-order valence-electron chi connectivity index (χ1n) is 6.80. The number of aromatic nitrogens is 1. The summed E-state index contributed by atoms with van der Waals surface area (Å²) in [7, 11) is 0. The number of nitrogens with two attached hydrogens (primary N) is 1. The molecule has 0 saturated carbocycles. The molecule has 0 fully saturated rings. The summed E-state index contributed by atoms with van der Waals surface area (Å²) < 4.78 is 0. The number of carbonyl (C=O) groups is 1. The van der Waals surface area contributed by atoms with Crippen molar-refractivity contribution in [2.24, 2.45) is 5.73 Å². The molecular formula is C18H14N2O2. The molecule has 3 N–H and O–H groups in total. The van der Waals surface area contributed by atoms with E-state index >= 15 is 0 Å². The van der Waals surface area contributed by atoms with Gasteiger partial charge >= 0.3 is 0 Å². The summed E-state index contributed by atoms with van der Waals surface area (Å²) in [6.07, 6.45) is 3.45. The molecule has 0 atom stereocenters. The highest BCUT2D eigenvalue weighted by atomic mass is 16.3. The molecule has 0 radical (unpaired) electrons. The lowest BCUT2D eigenvalue weighted by molar-refractivity contribution is -0.112. The quantitative estimate of drug-likeness (QED) is 0.728. The number of hydrogen-bond donors (Lipinski definition) is 2. The Kier molecular flexibility index (Phi) is 3.58. The predicted molar refractivity (Wildman–Crippen MR) is 86.9 cm³/mol. The lowest BCUT2D eigenvalue weighted by Gasteiger charge is -2.06. The van der Waals surface area contributed by atoms with Crippen molar-refractivity contribution in [2.45, 2.75) is 0 Å². The number of para-hydroxylation sites is 1. The van der Waals surface area contributed by atoms with Crippen molar-refractivity contribution >= 4 is 28.5 Å². The van der Waals surface area contributed by atoms with Crippen LogP contribution in [0.3, 0.4) is 0 Å². The third-order valence-corrected chi connectivity index (χ3v) is 3.43. The minimum Gasteiger partial charge on any atom is -0.508 e. The third kappa shape index (κ3) is 2.67. The third-order valence-electron chi connectivity index (χ3n) is 3.43. The van der Waals surface area contributed by atoms with Crippen LogP contribution < -0.4 is 5.73 Å². The van der Waals surface area contributed by atoms with Crippen LogP contribution in [0.5, 0.6) is 5.75 Å². The summed E-state index contributed by atoms with van der Waals surface area (Å²) in [5, 5.41) is 10.3. The molecule has 1 heterocycles. The van der Waals surface area contributed by atoms with Gasteiger partial charge in [-0.25, -0.2) is 0 Å². The van der Waals surface area contributed by atoms with Gasteiger partial charge in [-0.3, -0.25) is 9.78 Å². The van der Waals surface area contributed by atoms with E-state index < -0.39 is 5.91 Å². The number of fused-ring (bicyclic) bond motifs is 1. The van der Waals surface area contributed by atoms with Crippen LogP contribution in [0.4, 0.5) is 0 Å². The van der Waals surface area contributed by atoms with Crippen molar-refractivity contribution < 1.29 is 9.90 Å². The summed E-state index contributed by atoms with van der Waals surface area (Å²) in [6, 6.07) is 15.9. The van der Waals surface area contributed by atoms with Gasteiger partial charge in [-0.15, -0.1) is 0 Å².